The predicted molar refractivity (Wildman–Crippen MR) is 115 cm³/mol. The molecule has 1 aliphatic rings. The lowest BCUT2D eigenvalue weighted by Gasteiger charge is -2.19. The second kappa shape index (κ2) is 8.85. The number of pyridine rings is 1. The van der Waals surface area contributed by atoms with Crippen molar-refractivity contribution in [2.45, 2.75) is 39.0 Å². The van der Waals surface area contributed by atoms with Crippen molar-refractivity contribution in [3.63, 3.8) is 0 Å². The van der Waals surface area contributed by atoms with Gasteiger partial charge in [-0.2, -0.15) is 0 Å². The molecule has 2 aromatic heterocycles. The number of carbonyl (C=O) groups is 1. The van der Waals surface area contributed by atoms with Gasteiger partial charge < -0.3 is 24.3 Å². The number of hydrogen-bond donors (Lipinski definition) is 2. The highest BCUT2D eigenvalue weighted by Crippen LogP contribution is 2.18. The molecule has 3 heterocycles. The van der Waals surface area contributed by atoms with E-state index in [2.05, 4.69) is 16.4 Å². The third-order valence-corrected chi connectivity index (χ3v) is 5.62. The number of fused-ring (bicyclic) bond motifs is 1. The molecular weight excluding hydrogens is 382 g/mol. The second-order valence-corrected chi connectivity index (χ2v) is 7.59. The van der Waals surface area contributed by atoms with Gasteiger partial charge in [0.2, 0.25) is 0 Å². The number of hydrogen-bond acceptors (Lipinski definition) is 4. The molecule has 4 rings (SSSR count). The molecule has 0 saturated carbocycles. The molecule has 1 fully saturated rings. The fourth-order valence-corrected chi connectivity index (χ4v) is 3.98. The minimum atomic E-state index is -0.376. The first-order chi connectivity index (χ1) is 14.6. The highest BCUT2D eigenvalue weighted by atomic mass is 16.5. The number of aryl methyl sites for hydroxylation is 3. The van der Waals surface area contributed by atoms with Gasteiger partial charge in [-0.15, -0.1) is 0 Å². The Labute approximate surface area is 175 Å². The zero-order valence-corrected chi connectivity index (χ0v) is 17.3. The van der Waals surface area contributed by atoms with Gasteiger partial charge in [-0.25, -0.2) is 0 Å². The summed E-state index contributed by atoms with van der Waals surface area (Å²) < 4.78 is 12.7. The Balaban J connectivity index is 1.51. The van der Waals surface area contributed by atoms with E-state index in [1.807, 2.05) is 37.4 Å². The lowest BCUT2D eigenvalue weighted by atomic mass is 10.1. The molecule has 7 nitrogen and oxygen atoms in total. The number of aromatic amines is 1. The Bertz CT molecular complexity index is 1100. The van der Waals surface area contributed by atoms with Crippen LogP contribution >= 0.6 is 0 Å². The molecule has 0 aliphatic carbocycles. The highest BCUT2D eigenvalue weighted by molar-refractivity contribution is 5.95. The number of amides is 1. The number of carbonyl (C=O) groups excluding carboxylic acids is 1. The molecule has 2 N–H and O–H groups in total. The molecule has 1 amide bonds. The largest absolute Gasteiger partial charge is 0.376 e. The fraction of sp³-hybridized carbons (Fsp3) is 0.391. The van der Waals surface area contributed by atoms with Gasteiger partial charge in [0, 0.05) is 36.4 Å². The van der Waals surface area contributed by atoms with Crippen LogP contribution in [-0.4, -0.2) is 47.4 Å². The van der Waals surface area contributed by atoms with Crippen molar-refractivity contribution >= 4 is 16.8 Å². The first kappa shape index (κ1) is 20.4. The number of para-hydroxylation sites is 1. The van der Waals surface area contributed by atoms with E-state index in [0.29, 0.717) is 38.3 Å². The second-order valence-electron chi connectivity index (χ2n) is 7.59. The number of rotatable bonds is 7. The molecule has 30 heavy (non-hydrogen) atoms. The molecular formula is C23H27N3O4. The first-order valence-electron chi connectivity index (χ1n) is 10.3. The Kier molecular flexibility index (Phi) is 6.01. The van der Waals surface area contributed by atoms with Gasteiger partial charge in [-0.05, 0) is 43.5 Å². The first-order valence-corrected chi connectivity index (χ1v) is 10.3. The molecule has 1 aromatic carbocycles. The summed E-state index contributed by atoms with van der Waals surface area (Å²) in [6.07, 6.45) is 4.24. The smallest absolute Gasteiger partial charge is 0.263 e. The summed E-state index contributed by atoms with van der Waals surface area (Å²) in [6.45, 7) is 5.57. The van der Waals surface area contributed by atoms with E-state index in [0.717, 1.165) is 16.5 Å². The highest BCUT2D eigenvalue weighted by Gasteiger charge is 2.31. The van der Waals surface area contributed by atoms with Crippen LogP contribution < -0.4 is 10.9 Å². The van der Waals surface area contributed by atoms with E-state index in [1.54, 1.807) is 17.7 Å². The quantitative estimate of drug-likeness (QED) is 0.628. The van der Waals surface area contributed by atoms with Crippen molar-refractivity contribution in [1.82, 2.24) is 14.9 Å². The minimum Gasteiger partial charge on any atom is -0.376 e. The summed E-state index contributed by atoms with van der Waals surface area (Å²) >= 11 is 0. The van der Waals surface area contributed by atoms with Gasteiger partial charge in [-0.3, -0.25) is 9.59 Å². The average molecular weight is 409 g/mol. The number of aromatic nitrogens is 2. The Hall–Kier alpha value is -2.90. The van der Waals surface area contributed by atoms with Gasteiger partial charge in [0.25, 0.3) is 11.5 Å². The lowest BCUT2D eigenvalue weighted by Crippen LogP contribution is -2.46. The predicted octanol–water partition coefficient (Wildman–Crippen LogP) is 2.41. The van der Waals surface area contributed by atoms with Gasteiger partial charge in [-0.1, -0.05) is 18.2 Å². The lowest BCUT2D eigenvalue weighted by molar-refractivity contribution is 0.0402. The molecule has 0 radical (unpaired) electrons. The summed E-state index contributed by atoms with van der Waals surface area (Å²) in [5.41, 5.74) is 2.78. The molecule has 2 atom stereocenters. The van der Waals surface area contributed by atoms with Gasteiger partial charge in [0.05, 0.1) is 19.3 Å². The van der Waals surface area contributed by atoms with E-state index in [9.17, 15) is 9.59 Å². The maximum atomic E-state index is 13.1. The zero-order chi connectivity index (χ0) is 21.1. The van der Waals surface area contributed by atoms with Crippen molar-refractivity contribution in [2.75, 3.05) is 19.8 Å². The van der Waals surface area contributed by atoms with Crippen LogP contribution in [0, 0.1) is 6.92 Å². The Morgan fingerprint density at radius 3 is 2.97 bits per heavy atom. The van der Waals surface area contributed by atoms with Crippen LogP contribution in [0.1, 0.15) is 28.4 Å². The number of nitrogens with zero attached hydrogens (tertiary/aromatic N) is 1. The summed E-state index contributed by atoms with van der Waals surface area (Å²) in [5, 5.41) is 4.08. The van der Waals surface area contributed by atoms with Crippen LogP contribution in [0.15, 0.2) is 47.5 Å². The van der Waals surface area contributed by atoms with Gasteiger partial charge >= 0.3 is 0 Å². The third-order valence-electron chi connectivity index (χ3n) is 5.62. The SMILES string of the molecule is CCO[C@H]1COC[C@@H]1NC(=O)c1c(C)ccn(CCc2c[nH]c3ccccc23)c1=O. The normalized spacial score (nSPS) is 18.7. The monoisotopic (exact) mass is 409 g/mol. The van der Waals surface area contributed by atoms with Crippen molar-refractivity contribution in [1.29, 1.82) is 0 Å². The Morgan fingerprint density at radius 2 is 2.13 bits per heavy atom. The third kappa shape index (κ3) is 4.04. The van der Waals surface area contributed by atoms with Crippen molar-refractivity contribution < 1.29 is 14.3 Å². The fourth-order valence-electron chi connectivity index (χ4n) is 3.98. The van der Waals surface area contributed by atoms with Crippen LogP contribution in [0.25, 0.3) is 10.9 Å². The summed E-state index contributed by atoms with van der Waals surface area (Å²) in [6, 6.07) is 9.65. The molecule has 7 heteroatoms. The van der Waals surface area contributed by atoms with Crippen LogP contribution in [0.4, 0.5) is 0 Å². The van der Waals surface area contributed by atoms with E-state index >= 15 is 0 Å². The number of benzene rings is 1. The molecule has 158 valence electrons. The molecule has 1 saturated heterocycles. The van der Waals surface area contributed by atoms with Crippen molar-refractivity contribution in [3.8, 4) is 0 Å². The van der Waals surface area contributed by atoms with Gasteiger partial charge in [0.15, 0.2) is 0 Å². The maximum Gasteiger partial charge on any atom is 0.263 e. The van der Waals surface area contributed by atoms with Crippen LogP contribution in [-0.2, 0) is 22.4 Å². The minimum absolute atomic E-state index is 0.179. The van der Waals surface area contributed by atoms with Crippen molar-refractivity contribution in [2.24, 2.45) is 0 Å². The summed E-state index contributed by atoms with van der Waals surface area (Å²) in [4.78, 5) is 29.2. The Morgan fingerprint density at radius 1 is 1.30 bits per heavy atom. The standard InChI is InChI=1S/C23H27N3O4/c1-3-30-20-14-29-13-19(20)25-22(27)21-15(2)8-10-26(23(21)28)11-9-16-12-24-18-7-5-4-6-17(16)18/h4-8,10,12,19-20,24H,3,9,11,13-14H2,1-2H3,(H,25,27)/t19-,20-/m0/s1. The van der Waals surface area contributed by atoms with Crippen LogP contribution in [0.5, 0.6) is 0 Å². The van der Waals surface area contributed by atoms with E-state index < -0.39 is 0 Å². The molecule has 1 aliphatic heterocycles. The molecule has 0 spiro atoms. The number of H-pyrrole nitrogens is 1. The summed E-state index contributed by atoms with van der Waals surface area (Å²) in [7, 11) is 0. The number of nitrogens with one attached hydrogen (secondary N) is 2. The van der Waals surface area contributed by atoms with Crippen LogP contribution in [0.2, 0.25) is 0 Å². The topological polar surface area (TPSA) is 85.3 Å². The molecule has 0 bridgehead atoms. The number of ether oxygens (including phenoxy) is 2. The molecule has 3 aromatic rings. The van der Waals surface area contributed by atoms with Crippen molar-refractivity contribution in [3.05, 3.63) is 69.8 Å². The maximum absolute atomic E-state index is 13.1. The van der Waals surface area contributed by atoms with E-state index in [4.69, 9.17) is 9.47 Å². The average Bonchev–Trinajstić information content (AvgIpc) is 3.35. The van der Waals surface area contributed by atoms with Crippen LogP contribution in [0.3, 0.4) is 0 Å². The molecule has 0 unspecified atom stereocenters. The van der Waals surface area contributed by atoms with Gasteiger partial charge in [0.1, 0.15) is 11.7 Å². The summed E-state index contributed by atoms with van der Waals surface area (Å²) in [5.74, 6) is -0.376. The zero-order valence-electron chi connectivity index (χ0n) is 17.3. The van der Waals surface area contributed by atoms with E-state index in [-0.39, 0.29) is 29.2 Å². The van der Waals surface area contributed by atoms with E-state index in [1.165, 1.54) is 0 Å².